The van der Waals surface area contributed by atoms with Gasteiger partial charge in [0, 0.05) is 18.5 Å². The minimum Gasteiger partial charge on any atom is -0.497 e. The predicted octanol–water partition coefficient (Wildman–Crippen LogP) is 2.29. The van der Waals surface area contributed by atoms with E-state index in [1.807, 2.05) is 20.8 Å². The van der Waals surface area contributed by atoms with Crippen LogP contribution in [0.2, 0.25) is 0 Å². The zero-order valence-corrected chi connectivity index (χ0v) is 14.0. The lowest BCUT2D eigenvalue weighted by atomic mass is 10.1. The van der Waals surface area contributed by atoms with Crippen LogP contribution in [0.25, 0.3) is 0 Å². The Morgan fingerprint density at radius 1 is 1.18 bits per heavy atom. The van der Waals surface area contributed by atoms with Crippen LogP contribution in [-0.4, -0.2) is 43.0 Å². The van der Waals surface area contributed by atoms with Gasteiger partial charge in [-0.05, 0) is 32.9 Å². The Morgan fingerprint density at radius 3 is 2.27 bits per heavy atom. The summed E-state index contributed by atoms with van der Waals surface area (Å²) in [5, 5.41) is 2.76. The van der Waals surface area contributed by atoms with E-state index in [1.54, 1.807) is 25.3 Å². The Balaban J connectivity index is 2.90. The van der Waals surface area contributed by atoms with Gasteiger partial charge in [-0.1, -0.05) is 0 Å². The Labute approximate surface area is 131 Å². The fourth-order valence-corrected chi connectivity index (χ4v) is 2.07. The average Bonchev–Trinajstić information content (AvgIpc) is 2.43. The summed E-state index contributed by atoms with van der Waals surface area (Å²) in [4.78, 5) is 25.5. The molecule has 0 heterocycles. The summed E-state index contributed by atoms with van der Waals surface area (Å²) in [6.45, 7) is 7.07. The lowest BCUT2D eigenvalue weighted by molar-refractivity contribution is -0.137. The molecule has 122 valence electrons. The topological polar surface area (TPSA) is 67.9 Å². The molecule has 22 heavy (non-hydrogen) atoms. The highest BCUT2D eigenvalue weighted by Crippen LogP contribution is 2.29. The van der Waals surface area contributed by atoms with Gasteiger partial charge < -0.3 is 19.7 Å². The number of hydrogen-bond donors (Lipinski definition) is 1. The maximum Gasteiger partial charge on any atom is 0.244 e. The summed E-state index contributed by atoms with van der Waals surface area (Å²) >= 11 is 0. The van der Waals surface area contributed by atoms with Crippen LogP contribution in [0, 0.1) is 0 Å². The number of methoxy groups -OCH3 is 2. The van der Waals surface area contributed by atoms with Crippen molar-refractivity contribution in [3.63, 3.8) is 0 Å². The Kier molecular flexibility index (Phi) is 5.79. The molecule has 1 rings (SSSR count). The standard InChI is InChI=1S/C16H24N2O4/c1-11(19)18(16(2,3)4)10-15(20)17-13-9-12(21-5)7-8-14(13)22-6/h7-9H,10H2,1-6H3,(H,17,20). The molecule has 0 saturated carbocycles. The number of carbonyl (C=O) groups excluding carboxylic acids is 2. The van der Waals surface area contributed by atoms with Gasteiger partial charge in [-0.15, -0.1) is 0 Å². The molecule has 0 spiro atoms. The predicted molar refractivity (Wildman–Crippen MR) is 85.3 cm³/mol. The van der Waals surface area contributed by atoms with Crippen molar-refractivity contribution in [2.45, 2.75) is 33.2 Å². The number of ether oxygens (including phenoxy) is 2. The van der Waals surface area contributed by atoms with Gasteiger partial charge in [0.1, 0.15) is 18.0 Å². The number of amides is 2. The van der Waals surface area contributed by atoms with Crippen LogP contribution in [0.4, 0.5) is 5.69 Å². The van der Waals surface area contributed by atoms with Crippen LogP contribution < -0.4 is 14.8 Å². The third-order valence-electron chi connectivity index (χ3n) is 3.17. The van der Waals surface area contributed by atoms with Gasteiger partial charge in [-0.3, -0.25) is 9.59 Å². The molecule has 1 aromatic rings. The van der Waals surface area contributed by atoms with E-state index in [-0.39, 0.29) is 18.4 Å². The highest BCUT2D eigenvalue weighted by molar-refractivity contribution is 5.95. The third kappa shape index (κ3) is 4.65. The van der Waals surface area contributed by atoms with E-state index in [9.17, 15) is 9.59 Å². The Hall–Kier alpha value is -2.24. The van der Waals surface area contributed by atoms with E-state index in [1.165, 1.54) is 18.9 Å². The van der Waals surface area contributed by atoms with Gasteiger partial charge in [0.15, 0.2) is 0 Å². The molecule has 0 bridgehead atoms. The Bertz CT molecular complexity index is 550. The highest BCUT2D eigenvalue weighted by atomic mass is 16.5. The number of anilines is 1. The molecule has 1 aromatic carbocycles. The maximum atomic E-state index is 12.2. The molecule has 6 heteroatoms. The van der Waals surface area contributed by atoms with E-state index in [2.05, 4.69) is 5.32 Å². The zero-order valence-electron chi connectivity index (χ0n) is 14.0. The molecule has 0 atom stereocenters. The first kappa shape index (κ1) is 17.8. The smallest absolute Gasteiger partial charge is 0.244 e. The molecule has 1 N–H and O–H groups in total. The number of nitrogens with one attached hydrogen (secondary N) is 1. The summed E-state index contributed by atoms with van der Waals surface area (Å²) < 4.78 is 10.4. The average molecular weight is 308 g/mol. The van der Waals surface area contributed by atoms with Crippen LogP contribution >= 0.6 is 0 Å². The van der Waals surface area contributed by atoms with E-state index >= 15 is 0 Å². The fourth-order valence-electron chi connectivity index (χ4n) is 2.07. The maximum absolute atomic E-state index is 12.2. The number of benzene rings is 1. The molecule has 0 saturated heterocycles. The lowest BCUT2D eigenvalue weighted by Gasteiger charge is -2.34. The van der Waals surface area contributed by atoms with Gasteiger partial charge in [-0.2, -0.15) is 0 Å². The first-order chi connectivity index (χ1) is 10.2. The second-order valence-electron chi connectivity index (χ2n) is 5.89. The van der Waals surface area contributed by atoms with Crippen molar-refractivity contribution < 1.29 is 19.1 Å². The van der Waals surface area contributed by atoms with Crippen molar-refractivity contribution in [2.75, 3.05) is 26.1 Å². The van der Waals surface area contributed by atoms with E-state index < -0.39 is 5.54 Å². The molecule has 0 radical (unpaired) electrons. The fraction of sp³-hybridized carbons (Fsp3) is 0.500. The van der Waals surface area contributed by atoms with Crippen LogP contribution in [0.15, 0.2) is 18.2 Å². The van der Waals surface area contributed by atoms with Crippen molar-refractivity contribution in [3.05, 3.63) is 18.2 Å². The second kappa shape index (κ2) is 7.15. The SMILES string of the molecule is COc1ccc(OC)c(NC(=O)CN(C(C)=O)C(C)(C)C)c1. The molecule has 0 aliphatic rings. The van der Waals surface area contributed by atoms with Gasteiger partial charge in [0.25, 0.3) is 0 Å². The summed E-state index contributed by atoms with van der Waals surface area (Å²) in [6.07, 6.45) is 0. The van der Waals surface area contributed by atoms with Crippen LogP contribution in [-0.2, 0) is 9.59 Å². The summed E-state index contributed by atoms with van der Waals surface area (Å²) in [5.74, 6) is 0.687. The number of nitrogens with zero attached hydrogens (tertiary/aromatic N) is 1. The largest absolute Gasteiger partial charge is 0.497 e. The van der Waals surface area contributed by atoms with Crippen molar-refractivity contribution >= 4 is 17.5 Å². The van der Waals surface area contributed by atoms with Gasteiger partial charge in [0.2, 0.25) is 11.8 Å². The number of carbonyl (C=O) groups is 2. The van der Waals surface area contributed by atoms with Gasteiger partial charge in [-0.25, -0.2) is 0 Å². The minimum atomic E-state index is -0.429. The van der Waals surface area contributed by atoms with E-state index in [4.69, 9.17) is 9.47 Å². The molecule has 2 amide bonds. The first-order valence-electron chi connectivity index (χ1n) is 6.99. The van der Waals surface area contributed by atoms with E-state index in [0.717, 1.165) is 0 Å². The van der Waals surface area contributed by atoms with Gasteiger partial charge in [0.05, 0.1) is 19.9 Å². The van der Waals surface area contributed by atoms with Crippen LogP contribution in [0.3, 0.4) is 0 Å². The molecule has 0 aromatic heterocycles. The Morgan fingerprint density at radius 2 is 1.82 bits per heavy atom. The lowest BCUT2D eigenvalue weighted by Crippen LogP contribution is -2.48. The van der Waals surface area contributed by atoms with Crippen LogP contribution in [0.1, 0.15) is 27.7 Å². The molecular formula is C16H24N2O4. The normalized spacial score (nSPS) is 10.8. The number of hydrogen-bond acceptors (Lipinski definition) is 4. The van der Waals surface area contributed by atoms with Crippen molar-refractivity contribution in [2.24, 2.45) is 0 Å². The zero-order chi connectivity index (χ0) is 16.9. The first-order valence-corrected chi connectivity index (χ1v) is 6.99. The molecule has 0 aliphatic carbocycles. The molecular weight excluding hydrogens is 284 g/mol. The van der Waals surface area contributed by atoms with Gasteiger partial charge >= 0.3 is 0 Å². The second-order valence-corrected chi connectivity index (χ2v) is 5.89. The van der Waals surface area contributed by atoms with E-state index in [0.29, 0.717) is 17.2 Å². The highest BCUT2D eigenvalue weighted by Gasteiger charge is 2.26. The summed E-state index contributed by atoms with van der Waals surface area (Å²) in [7, 11) is 3.07. The molecule has 0 aliphatic heterocycles. The van der Waals surface area contributed by atoms with Crippen molar-refractivity contribution in [1.29, 1.82) is 0 Å². The summed E-state index contributed by atoms with van der Waals surface area (Å²) in [6, 6.07) is 5.12. The monoisotopic (exact) mass is 308 g/mol. The summed E-state index contributed by atoms with van der Waals surface area (Å²) in [5.41, 5.74) is 0.0750. The molecule has 0 fully saturated rings. The number of rotatable bonds is 5. The van der Waals surface area contributed by atoms with Crippen LogP contribution in [0.5, 0.6) is 11.5 Å². The van der Waals surface area contributed by atoms with Crippen molar-refractivity contribution in [1.82, 2.24) is 4.90 Å². The molecule has 0 unspecified atom stereocenters. The minimum absolute atomic E-state index is 0.0286. The quantitative estimate of drug-likeness (QED) is 0.906. The van der Waals surface area contributed by atoms with Crippen molar-refractivity contribution in [3.8, 4) is 11.5 Å². The third-order valence-corrected chi connectivity index (χ3v) is 3.17. The molecule has 6 nitrogen and oxygen atoms in total.